The molecule has 10 heteroatoms. The van der Waals surface area contributed by atoms with Gasteiger partial charge in [-0.15, -0.1) is 0 Å². The molecule has 1 aliphatic heterocycles. The summed E-state index contributed by atoms with van der Waals surface area (Å²) in [4.78, 5) is 62.6. The number of Topliss-reactive ketones (excluding diaryl/α,β-unsaturated/α-hetero) is 1. The molecule has 2 rings (SSSR count). The lowest BCUT2D eigenvalue weighted by Crippen LogP contribution is -2.45. The number of carbonyl (C=O) groups is 5. The quantitative estimate of drug-likeness (QED) is 0.589. The number of nitrogens with zero attached hydrogens (tertiary/aromatic N) is 1. The second kappa shape index (κ2) is 9.43. The fourth-order valence-corrected chi connectivity index (χ4v) is 2.26. The fraction of sp³-hybridized carbons (Fsp3) is 0.353. The third kappa shape index (κ3) is 6.19. The van der Waals surface area contributed by atoms with Crippen molar-refractivity contribution in [1.29, 1.82) is 0 Å². The van der Waals surface area contributed by atoms with Crippen LogP contribution >= 0.6 is 0 Å². The van der Waals surface area contributed by atoms with Gasteiger partial charge < -0.3 is 15.2 Å². The van der Waals surface area contributed by atoms with Gasteiger partial charge in [0.05, 0.1) is 6.42 Å². The second-order valence-corrected chi connectivity index (χ2v) is 5.68. The molecule has 1 heterocycles. The molecule has 2 N–H and O–H groups in total. The first-order valence-corrected chi connectivity index (χ1v) is 8.07. The molecule has 0 radical (unpaired) electrons. The van der Waals surface area contributed by atoms with Gasteiger partial charge in [0.15, 0.2) is 5.78 Å². The largest absolute Gasteiger partial charge is 0.481 e. The number of hydrogen-bond donors (Lipinski definition) is 2. The predicted molar refractivity (Wildman–Crippen MR) is 87.8 cm³/mol. The molecular formula is C17H18N2O8. The van der Waals surface area contributed by atoms with Gasteiger partial charge in [-0.1, -0.05) is 30.3 Å². The third-order valence-corrected chi connectivity index (χ3v) is 3.61. The number of nitrogens with one attached hydrogen (secondary N) is 1. The van der Waals surface area contributed by atoms with Crippen LogP contribution in [0.2, 0.25) is 0 Å². The zero-order valence-corrected chi connectivity index (χ0v) is 14.3. The van der Waals surface area contributed by atoms with E-state index in [9.17, 15) is 24.0 Å². The number of hydroxylamine groups is 2. The van der Waals surface area contributed by atoms with Gasteiger partial charge in [0.25, 0.3) is 11.8 Å². The second-order valence-electron chi connectivity index (χ2n) is 5.68. The topological polar surface area (TPSA) is 139 Å². The van der Waals surface area contributed by atoms with Crippen molar-refractivity contribution in [1.82, 2.24) is 10.4 Å². The molecular weight excluding hydrogens is 360 g/mol. The number of imide groups is 1. The summed E-state index contributed by atoms with van der Waals surface area (Å²) in [5, 5.41) is 11.5. The molecule has 1 saturated heterocycles. The summed E-state index contributed by atoms with van der Waals surface area (Å²) in [6.07, 6.45) is -1.72. The molecule has 1 aliphatic rings. The number of aliphatic carboxylic acids is 1. The van der Waals surface area contributed by atoms with Crippen molar-refractivity contribution in [3.63, 3.8) is 0 Å². The monoisotopic (exact) mass is 378 g/mol. The number of ketones is 1. The van der Waals surface area contributed by atoms with Crippen LogP contribution in [-0.4, -0.2) is 52.5 Å². The Morgan fingerprint density at radius 2 is 1.74 bits per heavy atom. The highest BCUT2D eigenvalue weighted by Crippen LogP contribution is 2.12. The lowest BCUT2D eigenvalue weighted by Gasteiger charge is -2.18. The van der Waals surface area contributed by atoms with E-state index in [4.69, 9.17) is 14.7 Å². The van der Waals surface area contributed by atoms with E-state index in [1.165, 1.54) is 0 Å². The normalized spacial score (nSPS) is 14.7. The Morgan fingerprint density at radius 1 is 1.11 bits per heavy atom. The Balaban J connectivity index is 1.88. The number of carbonyl (C=O) groups excluding carboxylic acids is 4. The molecule has 1 fully saturated rings. The van der Waals surface area contributed by atoms with Gasteiger partial charge in [0.1, 0.15) is 19.3 Å². The van der Waals surface area contributed by atoms with Crippen molar-refractivity contribution in [2.45, 2.75) is 31.9 Å². The highest BCUT2D eigenvalue weighted by Gasteiger charge is 2.32. The van der Waals surface area contributed by atoms with Crippen LogP contribution in [0.1, 0.15) is 24.8 Å². The van der Waals surface area contributed by atoms with Crippen molar-refractivity contribution in [3.8, 4) is 0 Å². The van der Waals surface area contributed by atoms with Gasteiger partial charge in [-0.25, -0.2) is 4.79 Å². The number of ether oxygens (including phenoxy) is 1. The summed E-state index contributed by atoms with van der Waals surface area (Å²) in [6, 6.07) is 7.33. The molecule has 0 aliphatic carbocycles. The van der Waals surface area contributed by atoms with Gasteiger partial charge in [-0.2, -0.15) is 5.06 Å². The molecule has 0 saturated carbocycles. The van der Waals surface area contributed by atoms with Crippen LogP contribution in [0.3, 0.4) is 0 Å². The van der Waals surface area contributed by atoms with E-state index in [0.717, 1.165) is 0 Å². The Morgan fingerprint density at radius 3 is 2.33 bits per heavy atom. The van der Waals surface area contributed by atoms with E-state index >= 15 is 0 Å². The zero-order chi connectivity index (χ0) is 19.8. The summed E-state index contributed by atoms with van der Waals surface area (Å²) >= 11 is 0. The van der Waals surface area contributed by atoms with Crippen molar-refractivity contribution in [3.05, 3.63) is 35.9 Å². The number of carboxylic acids is 1. The van der Waals surface area contributed by atoms with Crippen LogP contribution in [0.25, 0.3) is 0 Å². The molecule has 1 aromatic carbocycles. The van der Waals surface area contributed by atoms with Crippen LogP contribution < -0.4 is 5.32 Å². The smallest absolute Gasteiger partial charge is 0.408 e. The lowest BCUT2D eigenvalue weighted by atomic mass is 10.1. The molecule has 27 heavy (non-hydrogen) atoms. The number of hydrogen-bond acceptors (Lipinski definition) is 7. The molecule has 1 aromatic rings. The van der Waals surface area contributed by atoms with Crippen LogP contribution in [-0.2, 0) is 35.4 Å². The maximum Gasteiger partial charge on any atom is 0.408 e. The van der Waals surface area contributed by atoms with Gasteiger partial charge in [0.2, 0.25) is 0 Å². The molecule has 0 bridgehead atoms. The van der Waals surface area contributed by atoms with Crippen molar-refractivity contribution in [2.75, 3.05) is 6.61 Å². The van der Waals surface area contributed by atoms with E-state index < -0.39 is 48.7 Å². The molecule has 144 valence electrons. The average molecular weight is 378 g/mol. The minimum atomic E-state index is -1.43. The molecule has 10 nitrogen and oxygen atoms in total. The fourth-order valence-electron chi connectivity index (χ4n) is 2.26. The highest BCUT2D eigenvalue weighted by molar-refractivity contribution is 6.01. The van der Waals surface area contributed by atoms with Crippen molar-refractivity contribution < 1.29 is 38.7 Å². The first-order chi connectivity index (χ1) is 12.9. The van der Waals surface area contributed by atoms with Crippen LogP contribution in [0.5, 0.6) is 0 Å². The predicted octanol–water partition coefficient (Wildman–Crippen LogP) is 0.406. The molecule has 3 amide bonds. The van der Waals surface area contributed by atoms with Crippen LogP contribution in [0.4, 0.5) is 4.79 Å². The highest BCUT2D eigenvalue weighted by atomic mass is 16.7. The van der Waals surface area contributed by atoms with Gasteiger partial charge in [-0.05, 0) is 5.56 Å². The summed E-state index contributed by atoms with van der Waals surface area (Å²) in [5.41, 5.74) is 0.711. The SMILES string of the molecule is O=C(O)CC(NC(=O)OCc1ccccc1)C(=O)CON1C(=O)CCC1=O. The van der Waals surface area contributed by atoms with Gasteiger partial charge >= 0.3 is 12.1 Å². The molecule has 0 spiro atoms. The Hall–Kier alpha value is -3.27. The zero-order valence-electron chi connectivity index (χ0n) is 14.3. The summed E-state index contributed by atoms with van der Waals surface area (Å²) in [7, 11) is 0. The van der Waals surface area contributed by atoms with E-state index in [1.54, 1.807) is 30.3 Å². The Labute approximate surface area is 154 Å². The third-order valence-electron chi connectivity index (χ3n) is 3.61. The van der Waals surface area contributed by atoms with E-state index in [0.29, 0.717) is 10.6 Å². The van der Waals surface area contributed by atoms with Crippen LogP contribution in [0, 0.1) is 0 Å². The summed E-state index contributed by atoms with van der Waals surface area (Å²) < 4.78 is 4.95. The maximum absolute atomic E-state index is 12.2. The first kappa shape index (κ1) is 20.0. The standard InChI is InChI=1S/C17H18N2O8/c20-13(10-27-19-14(21)6-7-15(19)22)12(8-16(23)24)18-17(25)26-9-11-4-2-1-3-5-11/h1-5,12H,6-10H2,(H,18,25)(H,23,24). The number of benzene rings is 1. The van der Waals surface area contributed by atoms with Crippen LogP contribution in [0.15, 0.2) is 30.3 Å². The molecule has 0 aromatic heterocycles. The lowest BCUT2D eigenvalue weighted by molar-refractivity contribution is -0.188. The van der Waals surface area contributed by atoms with Crippen molar-refractivity contribution >= 4 is 29.7 Å². The Bertz CT molecular complexity index is 718. The number of amides is 3. The number of rotatable bonds is 9. The minimum absolute atomic E-state index is 0.0182. The first-order valence-electron chi connectivity index (χ1n) is 8.07. The van der Waals surface area contributed by atoms with E-state index in [1.807, 2.05) is 0 Å². The van der Waals surface area contributed by atoms with E-state index in [-0.39, 0.29) is 19.4 Å². The maximum atomic E-state index is 12.2. The van der Waals surface area contributed by atoms with Gasteiger partial charge in [0, 0.05) is 12.8 Å². The van der Waals surface area contributed by atoms with Crippen molar-refractivity contribution in [2.24, 2.45) is 0 Å². The van der Waals surface area contributed by atoms with E-state index in [2.05, 4.69) is 5.32 Å². The minimum Gasteiger partial charge on any atom is -0.481 e. The molecule has 1 atom stereocenters. The summed E-state index contributed by atoms with van der Waals surface area (Å²) in [5.74, 6) is -3.32. The average Bonchev–Trinajstić information content (AvgIpc) is 2.96. The number of carboxylic acid groups (broad SMARTS) is 1. The number of alkyl carbamates (subject to hydrolysis) is 1. The Kier molecular flexibility index (Phi) is 7.00. The molecule has 1 unspecified atom stereocenters. The summed E-state index contributed by atoms with van der Waals surface area (Å²) in [6.45, 7) is -0.803. The van der Waals surface area contributed by atoms with Gasteiger partial charge in [-0.3, -0.25) is 24.0 Å².